The minimum Gasteiger partial charge on any atom is -0.469 e. The summed E-state index contributed by atoms with van der Waals surface area (Å²) in [4.78, 5) is 22.9. The number of hydrogen-bond donors (Lipinski definition) is 2. The van der Waals surface area contributed by atoms with E-state index in [-0.39, 0.29) is 6.42 Å². The molecule has 1 saturated heterocycles. The molecule has 0 bridgehead atoms. The minimum absolute atomic E-state index is 0.220. The highest BCUT2D eigenvalue weighted by molar-refractivity contribution is 9.10. The van der Waals surface area contributed by atoms with Crippen LogP contribution >= 0.6 is 15.9 Å². The van der Waals surface area contributed by atoms with E-state index >= 15 is 0 Å². The van der Waals surface area contributed by atoms with Gasteiger partial charge in [0.2, 0.25) is 0 Å². The molecule has 2 rings (SSSR count). The van der Waals surface area contributed by atoms with Crippen molar-refractivity contribution in [3.63, 3.8) is 0 Å². The molecule has 1 heterocycles. The van der Waals surface area contributed by atoms with E-state index in [1.54, 1.807) is 18.2 Å². The molecule has 1 aromatic carbocycles. The number of ether oxygens (including phenoxy) is 3. The molecule has 7 nitrogen and oxygen atoms in total. The number of halogens is 1. The molecule has 0 unspecified atom stereocenters. The predicted molar refractivity (Wildman–Crippen MR) is 86.0 cm³/mol. The first kappa shape index (κ1) is 18.9. The minimum atomic E-state index is -1.40. The van der Waals surface area contributed by atoms with Gasteiger partial charge in [0, 0.05) is 11.4 Å². The summed E-state index contributed by atoms with van der Waals surface area (Å²) in [6, 6.07) is 7.03. The fourth-order valence-electron chi connectivity index (χ4n) is 2.65. The first-order valence-corrected chi connectivity index (χ1v) is 8.14. The maximum absolute atomic E-state index is 11.6. The van der Waals surface area contributed by atoms with Crippen LogP contribution in [0.1, 0.15) is 25.0 Å². The van der Waals surface area contributed by atoms with E-state index in [4.69, 9.17) is 9.47 Å². The van der Waals surface area contributed by atoms with Crippen LogP contribution in [0.3, 0.4) is 0 Å². The number of benzene rings is 1. The number of hydrogen-bond acceptors (Lipinski definition) is 7. The molecular formula is C16H19BrO7. The average Bonchev–Trinajstić information content (AvgIpc) is 2.53. The highest BCUT2D eigenvalue weighted by Gasteiger charge is 2.47. The Morgan fingerprint density at radius 2 is 2.00 bits per heavy atom. The second kappa shape index (κ2) is 8.06. The maximum Gasteiger partial charge on any atom is 0.308 e. The summed E-state index contributed by atoms with van der Waals surface area (Å²) in [6.07, 6.45) is -5.93. The Bertz CT molecular complexity index is 606. The van der Waals surface area contributed by atoms with Gasteiger partial charge in [0.05, 0.1) is 13.5 Å². The van der Waals surface area contributed by atoms with Crippen LogP contribution in [0.4, 0.5) is 0 Å². The Labute approximate surface area is 147 Å². The summed E-state index contributed by atoms with van der Waals surface area (Å²) >= 11 is 3.33. The van der Waals surface area contributed by atoms with Gasteiger partial charge in [0.25, 0.3) is 0 Å². The summed E-state index contributed by atoms with van der Waals surface area (Å²) in [5.41, 5.74) is 0.618. The van der Waals surface area contributed by atoms with Crippen molar-refractivity contribution in [1.29, 1.82) is 0 Å². The molecule has 8 heteroatoms. The van der Waals surface area contributed by atoms with Crippen LogP contribution in [0.2, 0.25) is 0 Å². The fraction of sp³-hybridized carbons (Fsp3) is 0.500. The molecule has 24 heavy (non-hydrogen) atoms. The molecule has 0 spiro atoms. The number of aliphatic hydroxyl groups is 2. The van der Waals surface area contributed by atoms with E-state index in [2.05, 4.69) is 20.7 Å². The molecule has 0 saturated carbocycles. The van der Waals surface area contributed by atoms with Gasteiger partial charge in [-0.25, -0.2) is 0 Å². The van der Waals surface area contributed by atoms with Crippen LogP contribution in [-0.2, 0) is 23.8 Å². The van der Waals surface area contributed by atoms with Crippen LogP contribution in [0.5, 0.6) is 0 Å². The van der Waals surface area contributed by atoms with E-state index in [1.165, 1.54) is 14.0 Å². The summed E-state index contributed by atoms with van der Waals surface area (Å²) < 4.78 is 16.2. The zero-order valence-corrected chi connectivity index (χ0v) is 14.8. The van der Waals surface area contributed by atoms with Gasteiger partial charge in [-0.3, -0.25) is 9.59 Å². The molecule has 1 fully saturated rings. The molecule has 0 aliphatic carbocycles. The zero-order chi connectivity index (χ0) is 17.9. The summed E-state index contributed by atoms with van der Waals surface area (Å²) in [6.45, 7) is 1.18. The molecule has 1 aliphatic rings. The van der Waals surface area contributed by atoms with Crippen molar-refractivity contribution >= 4 is 27.9 Å². The summed E-state index contributed by atoms with van der Waals surface area (Å²) in [7, 11) is 1.23. The Hall–Kier alpha value is -1.48. The van der Waals surface area contributed by atoms with Crippen molar-refractivity contribution in [2.45, 2.75) is 43.9 Å². The van der Waals surface area contributed by atoms with Gasteiger partial charge in [-0.15, -0.1) is 0 Å². The molecule has 132 valence electrons. The first-order chi connectivity index (χ1) is 11.3. The van der Waals surface area contributed by atoms with Crippen molar-refractivity contribution in [3.05, 3.63) is 34.3 Å². The quantitative estimate of drug-likeness (QED) is 0.726. The third-order valence-corrected chi connectivity index (χ3v) is 4.25. The lowest BCUT2D eigenvalue weighted by Crippen LogP contribution is -2.56. The van der Waals surface area contributed by atoms with E-state index < -0.39 is 42.5 Å². The van der Waals surface area contributed by atoms with Gasteiger partial charge < -0.3 is 24.4 Å². The lowest BCUT2D eigenvalue weighted by atomic mass is 9.90. The second-order valence-electron chi connectivity index (χ2n) is 5.49. The molecule has 2 N–H and O–H groups in total. The molecule has 0 aromatic heterocycles. The molecular weight excluding hydrogens is 384 g/mol. The maximum atomic E-state index is 11.6. The second-order valence-corrected chi connectivity index (χ2v) is 6.40. The number of esters is 2. The van der Waals surface area contributed by atoms with Crippen LogP contribution in [-0.4, -0.2) is 53.7 Å². The smallest absolute Gasteiger partial charge is 0.308 e. The number of rotatable bonds is 4. The van der Waals surface area contributed by atoms with Crippen LogP contribution in [0.25, 0.3) is 0 Å². The fourth-order valence-corrected chi connectivity index (χ4v) is 3.06. The predicted octanol–water partition coefficient (Wildman–Crippen LogP) is 1.11. The third-order valence-electron chi connectivity index (χ3n) is 3.76. The van der Waals surface area contributed by atoms with Crippen molar-refractivity contribution in [2.24, 2.45) is 0 Å². The normalized spacial score (nSPS) is 29.8. The lowest BCUT2D eigenvalue weighted by Gasteiger charge is -2.42. The Kier molecular flexibility index (Phi) is 6.34. The largest absolute Gasteiger partial charge is 0.469 e. The van der Waals surface area contributed by atoms with Gasteiger partial charge in [-0.05, 0) is 17.7 Å². The van der Waals surface area contributed by atoms with Crippen molar-refractivity contribution in [2.75, 3.05) is 7.11 Å². The van der Waals surface area contributed by atoms with Gasteiger partial charge in [-0.1, -0.05) is 28.1 Å². The SMILES string of the molecule is COC(=O)C[C@H]1O[C@H](c2cccc(Br)c2)[C@@H](O)[C@@H](O)[C@H]1OC(C)=O. The zero-order valence-electron chi connectivity index (χ0n) is 13.2. The van der Waals surface area contributed by atoms with Crippen molar-refractivity contribution < 1.29 is 34.0 Å². The van der Waals surface area contributed by atoms with Crippen LogP contribution in [0.15, 0.2) is 28.7 Å². The van der Waals surface area contributed by atoms with Crippen LogP contribution in [0, 0.1) is 0 Å². The molecule has 0 amide bonds. The Balaban J connectivity index is 2.29. The number of aliphatic hydroxyl groups excluding tert-OH is 2. The van der Waals surface area contributed by atoms with E-state index in [0.717, 1.165) is 4.47 Å². The molecule has 1 aromatic rings. The van der Waals surface area contributed by atoms with E-state index in [1.807, 2.05) is 6.07 Å². The first-order valence-electron chi connectivity index (χ1n) is 7.34. The highest BCUT2D eigenvalue weighted by Crippen LogP contribution is 2.35. The van der Waals surface area contributed by atoms with Gasteiger partial charge >= 0.3 is 11.9 Å². The number of carbonyl (C=O) groups is 2. The van der Waals surface area contributed by atoms with Crippen molar-refractivity contribution in [1.82, 2.24) is 0 Å². The van der Waals surface area contributed by atoms with Gasteiger partial charge in [0.1, 0.15) is 24.4 Å². The third kappa shape index (κ3) is 4.32. The molecule has 0 radical (unpaired) electrons. The number of methoxy groups -OCH3 is 1. The van der Waals surface area contributed by atoms with Crippen molar-refractivity contribution in [3.8, 4) is 0 Å². The summed E-state index contributed by atoms with van der Waals surface area (Å²) in [5.74, 6) is -1.22. The van der Waals surface area contributed by atoms with E-state index in [0.29, 0.717) is 5.56 Å². The summed E-state index contributed by atoms with van der Waals surface area (Å²) in [5, 5.41) is 20.7. The number of carbonyl (C=O) groups excluding carboxylic acids is 2. The van der Waals surface area contributed by atoms with Gasteiger partial charge in [-0.2, -0.15) is 0 Å². The average molecular weight is 403 g/mol. The Morgan fingerprint density at radius 3 is 2.58 bits per heavy atom. The van der Waals surface area contributed by atoms with Gasteiger partial charge in [0.15, 0.2) is 6.10 Å². The molecule has 1 aliphatic heterocycles. The molecule has 5 atom stereocenters. The monoisotopic (exact) mass is 402 g/mol. The van der Waals surface area contributed by atoms with E-state index in [9.17, 15) is 19.8 Å². The van der Waals surface area contributed by atoms with Crippen LogP contribution < -0.4 is 0 Å². The standard InChI is InChI=1S/C16H19BrO7/c1-8(18)23-16-11(7-12(19)22-2)24-15(13(20)14(16)21)9-4-3-5-10(17)6-9/h3-6,11,13-16,20-21H,7H2,1-2H3/t11-,13+,14-,15-,16+/m1/s1. The topological polar surface area (TPSA) is 102 Å². The lowest BCUT2D eigenvalue weighted by molar-refractivity contribution is -0.236. The highest BCUT2D eigenvalue weighted by atomic mass is 79.9. The Morgan fingerprint density at radius 1 is 1.29 bits per heavy atom.